The number of carboxylic acids is 1. The van der Waals surface area contributed by atoms with Crippen molar-refractivity contribution < 1.29 is 29.1 Å². The van der Waals surface area contributed by atoms with Crippen molar-refractivity contribution in [1.29, 1.82) is 0 Å². The number of halogens is 1. The van der Waals surface area contributed by atoms with E-state index in [0.717, 1.165) is 11.1 Å². The summed E-state index contributed by atoms with van der Waals surface area (Å²) in [4.78, 5) is 50.3. The molecular weight excluding hydrogens is 546 g/mol. The number of hydrogen-bond acceptors (Lipinski definition) is 7. The van der Waals surface area contributed by atoms with Crippen LogP contribution in [0.5, 0.6) is 11.5 Å². The largest absolute Gasteiger partial charge is 0.496 e. The van der Waals surface area contributed by atoms with E-state index < -0.39 is 11.9 Å². The topological polar surface area (TPSA) is 118 Å². The number of rotatable bonds is 10. The Balaban J connectivity index is 1.58. The van der Waals surface area contributed by atoms with Gasteiger partial charge in [-0.3, -0.25) is 19.5 Å². The molecule has 214 valence electrons. The van der Waals surface area contributed by atoms with Gasteiger partial charge in [-0.15, -0.1) is 0 Å². The second kappa shape index (κ2) is 13.8. The highest BCUT2D eigenvalue weighted by atomic mass is 35.5. The fraction of sp³-hybridized carbons (Fsp3) is 0.290. The molecule has 0 spiro atoms. The Morgan fingerprint density at radius 2 is 1.85 bits per heavy atom. The molecule has 0 fully saturated rings. The highest BCUT2D eigenvalue weighted by molar-refractivity contribution is 6.30. The third-order valence-electron chi connectivity index (χ3n) is 7.01. The van der Waals surface area contributed by atoms with Crippen LogP contribution in [0.25, 0.3) is 0 Å². The number of amides is 2. The van der Waals surface area contributed by atoms with Gasteiger partial charge in [0, 0.05) is 11.4 Å². The van der Waals surface area contributed by atoms with Gasteiger partial charge in [0.25, 0.3) is 0 Å². The van der Waals surface area contributed by atoms with Crippen molar-refractivity contribution in [2.75, 3.05) is 20.2 Å². The summed E-state index contributed by atoms with van der Waals surface area (Å²) in [6.45, 7) is 2.00. The van der Waals surface area contributed by atoms with E-state index in [4.69, 9.17) is 21.2 Å². The molecule has 2 atom stereocenters. The van der Waals surface area contributed by atoms with E-state index >= 15 is 0 Å². The van der Waals surface area contributed by atoms with Crippen LogP contribution in [-0.2, 0) is 16.0 Å². The van der Waals surface area contributed by atoms with Crippen molar-refractivity contribution in [2.45, 2.75) is 32.1 Å². The SMILES string of the molecule is CC[C@@H](CC(=O)N1CC(NOc2ccccc2)=NCC(Cc2cc(Cl)ccc2OC)C1=O)c1ccc(C(=O)O)cc1. The van der Waals surface area contributed by atoms with Crippen molar-refractivity contribution in [1.82, 2.24) is 10.4 Å². The van der Waals surface area contributed by atoms with Crippen LogP contribution >= 0.6 is 11.6 Å². The molecule has 1 aliphatic rings. The van der Waals surface area contributed by atoms with Crippen molar-refractivity contribution in [3.05, 3.63) is 94.5 Å². The fourth-order valence-corrected chi connectivity index (χ4v) is 4.91. The fourth-order valence-electron chi connectivity index (χ4n) is 4.72. The highest BCUT2D eigenvalue weighted by Gasteiger charge is 2.34. The number of hydrogen-bond donors (Lipinski definition) is 2. The van der Waals surface area contributed by atoms with E-state index in [2.05, 4.69) is 10.5 Å². The maximum Gasteiger partial charge on any atom is 0.335 e. The predicted molar refractivity (Wildman–Crippen MR) is 155 cm³/mol. The number of carbonyl (C=O) groups excluding carboxylic acids is 2. The number of aromatic carboxylic acids is 1. The van der Waals surface area contributed by atoms with E-state index in [1.54, 1.807) is 49.6 Å². The molecule has 0 bridgehead atoms. The summed E-state index contributed by atoms with van der Waals surface area (Å²) in [5, 5.41) is 9.73. The zero-order valence-electron chi connectivity index (χ0n) is 22.9. The predicted octanol–water partition coefficient (Wildman–Crippen LogP) is 5.14. The van der Waals surface area contributed by atoms with Gasteiger partial charge >= 0.3 is 5.97 Å². The number of methoxy groups -OCH3 is 1. The van der Waals surface area contributed by atoms with E-state index in [0.29, 0.717) is 28.8 Å². The molecule has 10 heteroatoms. The Morgan fingerprint density at radius 1 is 1.12 bits per heavy atom. The number of nitrogens with one attached hydrogen (secondary N) is 1. The first-order valence-electron chi connectivity index (χ1n) is 13.3. The van der Waals surface area contributed by atoms with Crippen LogP contribution in [0.4, 0.5) is 0 Å². The number of benzene rings is 3. The standard InChI is InChI=1S/C31H32ClN3O6/c1-3-20(21-9-11-22(12-10-21)31(38)39)17-29(36)35-19-28(34-41-26-7-5-4-6-8-26)33-18-24(30(35)37)15-23-16-25(32)13-14-27(23)40-2/h4-14,16,20,24H,3,15,17-19H2,1-2H3,(H,33,34)(H,38,39)/t20-,24?/m0/s1. The molecule has 4 rings (SSSR count). The summed E-state index contributed by atoms with van der Waals surface area (Å²) in [6, 6.07) is 20.7. The summed E-state index contributed by atoms with van der Waals surface area (Å²) in [7, 11) is 1.55. The van der Waals surface area contributed by atoms with Crippen molar-refractivity contribution >= 4 is 35.2 Å². The molecule has 3 aromatic rings. The number of carboxylic acid groups (broad SMARTS) is 1. The Hall–Kier alpha value is -4.37. The molecule has 2 amide bonds. The Kier molecular flexibility index (Phi) is 9.97. The Bertz CT molecular complexity index is 1410. The average Bonchev–Trinajstić information content (AvgIpc) is 3.14. The van der Waals surface area contributed by atoms with E-state index in [1.165, 1.54) is 17.0 Å². The molecule has 1 heterocycles. The summed E-state index contributed by atoms with van der Waals surface area (Å²) >= 11 is 6.23. The van der Waals surface area contributed by atoms with Crippen LogP contribution in [0.1, 0.15) is 47.2 Å². The van der Waals surface area contributed by atoms with Gasteiger partial charge < -0.3 is 14.7 Å². The van der Waals surface area contributed by atoms with Gasteiger partial charge in [0.2, 0.25) is 11.8 Å². The van der Waals surface area contributed by atoms with E-state index in [9.17, 15) is 19.5 Å². The van der Waals surface area contributed by atoms with Crippen LogP contribution in [0.2, 0.25) is 5.02 Å². The number of nitrogens with zero attached hydrogens (tertiary/aromatic N) is 2. The maximum absolute atomic E-state index is 13.8. The normalized spacial score (nSPS) is 15.9. The molecule has 3 aromatic carbocycles. The van der Waals surface area contributed by atoms with Crippen LogP contribution in [-0.4, -0.2) is 53.8 Å². The number of hydroxylamine groups is 1. The Morgan fingerprint density at radius 3 is 2.51 bits per heavy atom. The van der Waals surface area contributed by atoms with Crippen LogP contribution in [0.15, 0.2) is 77.8 Å². The number of imide groups is 1. The molecule has 2 N–H and O–H groups in total. The van der Waals surface area contributed by atoms with Gasteiger partial charge in [0.1, 0.15) is 5.75 Å². The van der Waals surface area contributed by atoms with Crippen molar-refractivity contribution in [3.63, 3.8) is 0 Å². The average molecular weight is 578 g/mol. The summed E-state index contributed by atoms with van der Waals surface area (Å²) < 4.78 is 5.48. The second-order valence-corrected chi connectivity index (χ2v) is 10.2. The first-order valence-corrected chi connectivity index (χ1v) is 13.7. The third-order valence-corrected chi connectivity index (χ3v) is 7.24. The molecule has 0 aromatic heterocycles. The summed E-state index contributed by atoms with van der Waals surface area (Å²) in [5.41, 5.74) is 4.55. The minimum atomic E-state index is -1.02. The summed E-state index contributed by atoms with van der Waals surface area (Å²) in [6.07, 6.45) is 0.963. The van der Waals surface area contributed by atoms with Gasteiger partial charge in [-0.1, -0.05) is 48.9 Å². The number of ether oxygens (including phenoxy) is 1. The molecular formula is C31H32ClN3O6. The maximum atomic E-state index is 13.8. The van der Waals surface area contributed by atoms with Gasteiger partial charge in [0.05, 0.1) is 31.7 Å². The van der Waals surface area contributed by atoms with Crippen LogP contribution in [0, 0.1) is 5.92 Å². The van der Waals surface area contributed by atoms with Gasteiger partial charge in [-0.05, 0) is 72.4 Å². The molecule has 1 unspecified atom stereocenters. The molecule has 9 nitrogen and oxygen atoms in total. The zero-order chi connectivity index (χ0) is 29.4. The lowest BCUT2D eigenvalue weighted by atomic mass is 9.91. The number of aliphatic imine (C=N–C) groups is 1. The van der Waals surface area contributed by atoms with Crippen molar-refractivity contribution in [3.8, 4) is 11.5 Å². The number of carbonyl (C=O) groups is 3. The molecule has 0 saturated carbocycles. The zero-order valence-corrected chi connectivity index (χ0v) is 23.6. The smallest absolute Gasteiger partial charge is 0.335 e. The minimum absolute atomic E-state index is 0.0642. The van der Waals surface area contributed by atoms with E-state index in [-0.39, 0.29) is 49.2 Å². The van der Waals surface area contributed by atoms with Crippen molar-refractivity contribution in [2.24, 2.45) is 10.9 Å². The summed E-state index contributed by atoms with van der Waals surface area (Å²) in [5.74, 6) is -1.09. The first-order chi connectivity index (χ1) is 19.8. The number of amidine groups is 1. The number of para-hydroxylation sites is 1. The molecule has 0 saturated heterocycles. The quantitative estimate of drug-likeness (QED) is 0.320. The van der Waals surface area contributed by atoms with Gasteiger partial charge in [0.15, 0.2) is 11.6 Å². The van der Waals surface area contributed by atoms with Crippen LogP contribution in [0.3, 0.4) is 0 Å². The lowest BCUT2D eigenvalue weighted by Gasteiger charge is -2.25. The van der Waals surface area contributed by atoms with Gasteiger partial charge in [-0.2, -0.15) is 0 Å². The molecule has 0 radical (unpaired) electrons. The lowest BCUT2D eigenvalue weighted by molar-refractivity contribution is -0.146. The first kappa shape index (κ1) is 29.6. The lowest BCUT2D eigenvalue weighted by Crippen LogP contribution is -2.46. The van der Waals surface area contributed by atoms with Crippen LogP contribution < -0.4 is 15.1 Å². The minimum Gasteiger partial charge on any atom is -0.496 e. The Labute approximate surface area is 243 Å². The monoisotopic (exact) mass is 577 g/mol. The highest BCUT2D eigenvalue weighted by Crippen LogP contribution is 2.29. The second-order valence-electron chi connectivity index (χ2n) is 9.72. The molecule has 0 aliphatic carbocycles. The molecule has 1 aliphatic heterocycles. The molecule has 41 heavy (non-hydrogen) atoms. The van der Waals surface area contributed by atoms with Gasteiger partial charge in [-0.25, -0.2) is 10.3 Å². The van der Waals surface area contributed by atoms with E-state index in [1.807, 2.05) is 25.1 Å². The third kappa shape index (κ3) is 7.64.